The van der Waals surface area contributed by atoms with Crippen molar-refractivity contribution in [2.75, 3.05) is 44.7 Å². The van der Waals surface area contributed by atoms with Crippen LogP contribution in [0, 0.1) is 11.3 Å². The molecule has 2 saturated heterocycles. The molecule has 2 aromatic heterocycles. The predicted molar refractivity (Wildman–Crippen MR) is 227 cm³/mol. The van der Waals surface area contributed by atoms with Crippen LogP contribution in [0.1, 0.15) is 69.5 Å². The Bertz CT molecular complexity index is 2580. The molecule has 4 amide bonds. The average Bonchev–Trinajstić information content (AvgIpc) is 3.55. The van der Waals surface area contributed by atoms with E-state index in [9.17, 15) is 29.2 Å². The van der Waals surface area contributed by atoms with Gasteiger partial charge in [0.05, 0.1) is 54.3 Å². The molecule has 0 bridgehead atoms. The zero-order valence-electron chi connectivity index (χ0n) is 34.0. The van der Waals surface area contributed by atoms with Gasteiger partial charge in [0, 0.05) is 80.0 Å². The van der Waals surface area contributed by atoms with Crippen molar-refractivity contribution in [1.29, 1.82) is 5.26 Å². The molecule has 16 heteroatoms. The number of hydrogen-bond acceptors (Lipinski definition) is 13. The van der Waals surface area contributed by atoms with Gasteiger partial charge in [-0.15, -0.1) is 0 Å². The molecule has 5 aromatic rings. The molecule has 0 radical (unpaired) electrons. The summed E-state index contributed by atoms with van der Waals surface area (Å²) < 4.78 is 13.5. The van der Waals surface area contributed by atoms with Crippen LogP contribution in [-0.2, 0) is 32.2 Å². The van der Waals surface area contributed by atoms with Gasteiger partial charge in [0.25, 0.3) is 17.4 Å². The fourth-order valence-corrected chi connectivity index (χ4v) is 7.92. The van der Waals surface area contributed by atoms with Gasteiger partial charge in [-0.25, -0.2) is 14.6 Å². The van der Waals surface area contributed by atoms with Crippen LogP contribution in [0.25, 0.3) is 22.6 Å². The second kappa shape index (κ2) is 19.2. The number of hydrogen-bond donors (Lipinski definition) is 2. The van der Waals surface area contributed by atoms with Crippen LogP contribution >= 0.6 is 0 Å². The number of nitrogens with zero attached hydrogens (tertiary/aromatic N) is 7. The van der Waals surface area contributed by atoms with Crippen LogP contribution in [0.2, 0.25) is 0 Å². The number of carbonyl (C=O) groups excluding carboxylic acids is 4. The van der Waals surface area contributed by atoms with Crippen LogP contribution in [0.4, 0.5) is 5.69 Å². The normalized spacial score (nSPS) is 16.9. The molecule has 62 heavy (non-hydrogen) atoms. The van der Waals surface area contributed by atoms with Gasteiger partial charge in [0.2, 0.25) is 11.8 Å². The van der Waals surface area contributed by atoms with E-state index in [1.807, 2.05) is 30.3 Å². The number of piperidine rings is 2. The highest BCUT2D eigenvalue weighted by molar-refractivity contribution is 6.25. The van der Waals surface area contributed by atoms with Gasteiger partial charge >= 0.3 is 0 Å². The molecule has 5 heterocycles. The van der Waals surface area contributed by atoms with E-state index in [0.29, 0.717) is 55.6 Å². The number of aromatic nitrogens is 4. The van der Waals surface area contributed by atoms with E-state index in [1.165, 1.54) is 10.7 Å². The number of nitrogens with one attached hydrogen (secondary N) is 2. The molecule has 0 unspecified atom stereocenters. The van der Waals surface area contributed by atoms with Crippen LogP contribution in [0.5, 0.6) is 0 Å². The molecule has 2 N–H and O–H groups in total. The van der Waals surface area contributed by atoms with E-state index in [-0.39, 0.29) is 42.2 Å². The van der Waals surface area contributed by atoms with Crippen LogP contribution < -0.4 is 16.2 Å². The van der Waals surface area contributed by atoms with Gasteiger partial charge in [-0.3, -0.25) is 34.2 Å². The lowest BCUT2D eigenvalue weighted by atomic mass is 10.0. The number of imide groups is 2. The number of fused-ring (bicyclic) bond motifs is 1. The van der Waals surface area contributed by atoms with Crippen LogP contribution in [0.3, 0.4) is 0 Å². The Kier molecular flexibility index (Phi) is 12.9. The van der Waals surface area contributed by atoms with Gasteiger partial charge < -0.3 is 19.7 Å². The summed E-state index contributed by atoms with van der Waals surface area (Å²) in [5.41, 5.74) is 5.24. The van der Waals surface area contributed by atoms with E-state index in [2.05, 4.69) is 36.7 Å². The summed E-state index contributed by atoms with van der Waals surface area (Å²) in [7, 11) is 0. The largest absolute Gasteiger partial charge is 0.384 e. The third kappa shape index (κ3) is 9.66. The summed E-state index contributed by atoms with van der Waals surface area (Å²) in [5, 5.41) is 19.3. The van der Waals surface area contributed by atoms with Crippen molar-refractivity contribution in [1.82, 2.24) is 34.9 Å². The lowest BCUT2D eigenvalue weighted by molar-refractivity contribution is -0.136. The maximum atomic E-state index is 13.3. The second-order valence-corrected chi connectivity index (χ2v) is 15.4. The minimum absolute atomic E-state index is 0.0722. The third-order valence-corrected chi connectivity index (χ3v) is 11.2. The number of amides is 4. The number of anilines is 1. The summed E-state index contributed by atoms with van der Waals surface area (Å²) in [6, 6.07) is 24.1. The maximum absolute atomic E-state index is 13.3. The quantitative estimate of drug-likeness (QED) is 0.106. The number of nitriles is 1. The summed E-state index contributed by atoms with van der Waals surface area (Å²) in [6.07, 6.45) is 6.41. The highest BCUT2D eigenvalue weighted by Gasteiger charge is 2.45. The molecule has 3 aromatic carbocycles. The third-order valence-electron chi connectivity index (χ3n) is 11.2. The first kappa shape index (κ1) is 41.8. The monoisotopic (exact) mass is 835 g/mol. The van der Waals surface area contributed by atoms with E-state index in [4.69, 9.17) is 9.47 Å². The van der Waals surface area contributed by atoms with Gasteiger partial charge in [0.1, 0.15) is 6.04 Å². The minimum atomic E-state index is -1.00. The van der Waals surface area contributed by atoms with Gasteiger partial charge in [0.15, 0.2) is 5.82 Å². The number of benzene rings is 3. The Morgan fingerprint density at radius 3 is 2.44 bits per heavy atom. The van der Waals surface area contributed by atoms with E-state index < -0.39 is 29.7 Å². The minimum Gasteiger partial charge on any atom is -0.384 e. The maximum Gasteiger partial charge on any atom is 0.267 e. The molecule has 16 nitrogen and oxygen atoms in total. The van der Waals surface area contributed by atoms with Gasteiger partial charge in [-0.2, -0.15) is 10.4 Å². The first-order chi connectivity index (χ1) is 30.2. The van der Waals surface area contributed by atoms with Crippen LogP contribution in [-0.4, -0.2) is 105 Å². The standard InChI is InChI=1S/C46H45N9O7/c47-25-30-5-1-7-33(23-30)37-11-14-41(57)54(52-37)28-31-6-2-8-34(24-31)43-49-26-32(27-50-43)29-61-22-20-53-18-15-35(16-19-53)62-21-4-17-48-38-10-3-9-36-42(38)46(60)55(45(36)59)39-12-13-40(56)51-44(39)58/h1-3,5-11,14,23-24,26-27,35,39,48H,4,12-13,15-22,28-29H2,(H,51,56,58)/t39-/m0/s1. The van der Waals surface area contributed by atoms with Crippen molar-refractivity contribution in [3.05, 3.63) is 129 Å². The molecule has 0 saturated carbocycles. The fourth-order valence-electron chi connectivity index (χ4n) is 7.92. The SMILES string of the molecule is N#Cc1cccc(-c2ccc(=O)n(Cc3cccc(-c4ncc(COCCN5CCC(OCCCNc6cccc7c6C(=O)N([C@H]6CCC(=O)NC6=O)C7=O)CC5)cn4)c3)n2)c1. The number of rotatable bonds is 16. The van der Waals surface area contributed by atoms with E-state index >= 15 is 0 Å². The molecular weight excluding hydrogens is 791 g/mol. The molecule has 316 valence electrons. The predicted octanol–water partition coefficient (Wildman–Crippen LogP) is 4.19. The Morgan fingerprint density at radius 2 is 1.63 bits per heavy atom. The van der Waals surface area contributed by atoms with Crippen molar-refractivity contribution >= 4 is 29.3 Å². The molecule has 0 aliphatic carbocycles. The molecular formula is C46H45N9O7. The first-order valence-corrected chi connectivity index (χ1v) is 20.7. The van der Waals surface area contributed by atoms with Crippen LogP contribution in [0.15, 0.2) is 96.1 Å². The number of carbonyl (C=O) groups is 4. The van der Waals surface area contributed by atoms with Gasteiger partial charge in [-0.1, -0.05) is 36.4 Å². The topological polar surface area (TPSA) is 202 Å². The Hall–Kier alpha value is -6.93. The van der Waals surface area contributed by atoms with Crippen molar-refractivity contribution in [3.63, 3.8) is 0 Å². The lowest BCUT2D eigenvalue weighted by Crippen LogP contribution is -2.54. The summed E-state index contributed by atoms with van der Waals surface area (Å²) in [6.45, 7) is 4.93. The Balaban J connectivity index is 0.726. The highest BCUT2D eigenvalue weighted by atomic mass is 16.5. The molecule has 3 aliphatic rings. The molecule has 0 spiro atoms. The molecule has 2 fully saturated rings. The summed E-state index contributed by atoms with van der Waals surface area (Å²) in [4.78, 5) is 75.6. The highest BCUT2D eigenvalue weighted by Crippen LogP contribution is 2.32. The fraction of sp³-hybridized carbons (Fsp3) is 0.326. The number of likely N-dealkylation sites (tertiary alicyclic amines) is 1. The second-order valence-electron chi connectivity index (χ2n) is 15.4. The molecule has 3 aliphatic heterocycles. The smallest absolute Gasteiger partial charge is 0.267 e. The molecule has 1 atom stereocenters. The van der Waals surface area contributed by atoms with Crippen molar-refractivity contribution < 1.29 is 28.7 Å². The average molecular weight is 836 g/mol. The van der Waals surface area contributed by atoms with E-state index in [0.717, 1.165) is 59.6 Å². The zero-order chi connectivity index (χ0) is 43.0. The van der Waals surface area contributed by atoms with Gasteiger partial charge in [-0.05, 0) is 67.6 Å². The lowest BCUT2D eigenvalue weighted by Gasteiger charge is -2.31. The zero-order valence-corrected chi connectivity index (χ0v) is 34.0. The Morgan fingerprint density at radius 1 is 0.839 bits per heavy atom. The Labute approximate surface area is 357 Å². The van der Waals surface area contributed by atoms with Crippen molar-refractivity contribution in [2.24, 2.45) is 0 Å². The summed E-state index contributed by atoms with van der Waals surface area (Å²) >= 11 is 0. The summed E-state index contributed by atoms with van der Waals surface area (Å²) in [5.74, 6) is -1.54. The number of ether oxygens (including phenoxy) is 2. The van der Waals surface area contributed by atoms with Crippen molar-refractivity contribution in [3.8, 4) is 28.7 Å². The molecule has 8 rings (SSSR count). The van der Waals surface area contributed by atoms with Crippen molar-refractivity contribution in [2.45, 2.75) is 57.4 Å². The van der Waals surface area contributed by atoms with E-state index in [1.54, 1.807) is 54.9 Å². The first-order valence-electron chi connectivity index (χ1n) is 20.7.